The molecule has 2 atom stereocenters. The molecule has 2 unspecified atom stereocenters. The number of amides is 1. The summed E-state index contributed by atoms with van der Waals surface area (Å²) in [6.45, 7) is 5.94. The van der Waals surface area contributed by atoms with Gasteiger partial charge >= 0.3 is 5.97 Å². The molecule has 0 spiro atoms. The predicted molar refractivity (Wildman–Crippen MR) is 104 cm³/mol. The molecule has 0 fully saturated rings. The standard InChI is InChI=1S/C22H25NO4/c1-14-9-10-17(11-15(14)2)27-13-21(24)23-16(3)12-19(22(25)26-4)18-7-5-6-8-20(18)23/h5-11,16,19H,12-13H2,1-4H3. The molecule has 1 aliphatic rings. The third-order valence-corrected chi connectivity index (χ3v) is 5.18. The lowest BCUT2D eigenvalue weighted by atomic mass is 9.86. The lowest BCUT2D eigenvalue weighted by Gasteiger charge is -2.38. The first-order valence-electron chi connectivity index (χ1n) is 9.11. The van der Waals surface area contributed by atoms with Crippen LogP contribution < -0.4 is 9.64 Å². The first-order chi connectivity index (χ1) is 12.9. The van der Waals surface area contributed by atoms with Gasteiger partial charge in [0.05, 0.1) is 13.0 Å². The Labute approximate surface area is 159 Å². The molecule has 27 heavy (non-hydrogen) atoms. The van der Waals surface area contributed by atoms with Crippen LogP contribution in [0.5, 0.6) is 5.75 Å². The van der Waals surface area contributed by atoms with Crippen LogP contribution in [-0.4, -0.2) is 31.6 Å². The molecule has 2 aromatic rings. The topological polar surface area (TPSA) is 55.8 Å². The SMILES string of the molecule is COC(=O)C1CC(C)N(C(=O)COc2ccc(C)c(C)c2)c2ccccc21. The molecular formula is C22H25NO4. The third-order valence-electron chi connectivity index (χ3n) is 5.18. The van der Waals surface area contributed by atoms with Gasteiger partial charge in [-0.05, 0) is 62.1 Å². The highest BCUT2D eigenvalue weighted by atomic mass is 16.5. The second kappa shape index (κ2) is 7.82. The molecule has 1 aliphatic heterocycles. The van der Waals surface area contributed by atoms with Gasteiger partial charge in [0.25, 0.3) is 5.91 Å². The van der Waals surface area contributed by atoms with Crippen LogP contribution in [0.15, 0.2) is 42.5 Å². The van der Waals surface area contributed by atoms with E-state index in [1.54, 1.807) is 4.90 Å². The van der Waals surface area contributed by atoms with E-state index in [-0.39, 0.29) is 30.4 Å². The molecule has 3 rings (SSSR count). The van der Waals surface area contributed by atoms with Crippen LogP contribution in [-0.2, 0) is 14.3 Å². The number of ether oxygens (including phenoxy) is 2. The lowest BCUT2D eigenvalue weighted by molar-refractivity contribution is -0.143. The number of hydrogen-bond donors (Lipinski definition) is 0. The zero-order valence-electron chi connectivity index (χ0n) is 16.2. The van der Waals surface area contributed by atoms with E-state index in [1.807, 2.05) is 63.2 Å². The van der Waals surface area contributed by atoms with Crippen molar-refractivity contribution in [3.63, 3.8) is 0 Å². The van der Waals surface area contributed by atoms with E-state index in [4.69, 9.17) is 9.47 Å². The van der Waals surface area contributed by atoms with Gasteiger partial charge in [0, 0.05) is 11.7 Å². The molecule has 1 heterocycles. The molecule has 0 radical (unpaired) electrons. The monoisotopic (exact) mass is 367 g/mol. The van der Waals surface area contributed by atoms with Crippen molar-refractivity contribution in [3.8, 4) is 5.75 Å². The largest absolute Gasteiger partial charge is 0.484 e. The predicted octanol–water partition coefficient (Wildman–Crippen LogP) is 3.76. The molecule has 0 bridgehead atoms. The van der Waals surface area contributed by atoms with Crippen molar-refractivity contribution in [2.75, 3.05) is 18.6 Å². The maximum atomic E-state index is 12.9. The molecular weight excluding hydrogens is 342 g/mol. The zero-order valence-corrected chi connectivity index (χ0v) is 16.2. The van der Waals surface area contributed by atoms with Crippen molar-refractivity contribution in [2.45, 2.75) is 39.2 Å². The summed E-state index contributed by atoms with van der Waals surface area (Å²) in [5.74, 6) is -0.0768. The number of carbonyl (C=O) groups excluding carboxylic acids is 2. The summed E-state index contributed by atoms with van der Waals surface area (Å²) in [5, 5.41) is 0. The van der Waals surface area contributed by atoms with E-state index in [9.17, 15) is 9.59 Å². The number of nitrogens with zero attached hydrogens (tertiary/aromatic N) is 1. The minimum atomic E-state index is -0.356. The fraction of sp³-hybridized carbons (Fsp3) is 0.364. The van der Waals surface area contributed by atoms with Crippen LogP contribution in [0.1, 0.15) is 36.0 Å². The molecule has 0 saturated heterocycles. The summed E-state index contributed by atoms with van der Waals surface area (Å²) in [6, 6.07) is 13.2. The number of carbonyl (C=O) groups is 2. The minimum absolute atomic E-state index is 0.0515. The molecule has 5 heteroatoms. The maximum absolute atomic E-state index is 12.9. The van der Waals surface area contributed by atoms with E-state index < -0.39 is 0 Å². The third kappa shape index (κ3) is 3.82. The number of anilines is 1. The Balaban J connectivity index is 1.81. The van der Waals surface area contributed by atoms with Gasteiger partial charge in [-0.3, -0.25) is 9.59 Å². The Morgan fingerprint density at radius 2 is 1.85 bits per heavy atom. The van der Waals surface area contributed by atoms with Crippen LogP contribution >= 0.6 is 0 Å². The van der Waals surface area contributed by atoms with Gasteiger partial charge in [-0.1, -0.05) is 24.3 Å². The van der Waals surface area contributed by atoms with Gasteiger partial charge in [-0.25, -0.2) is 0 Å². The quantitative estimate of drug-likeness (QED) is 0.772. The van der Waals surface area contributed by atoms with Gasteiger partial charge in [0.1, 0.15) is 5.75 Å². The Bertz CT molecular complexity index is 861. The number of aryl methyl sites for hydroxylation is 2. The molecule has 1 amide bonds. The van der Waals surface area contributed by atoms with E-state index in [2.05, 4.69) is 0 Å². The highest BCUT2D eigenvalue weighted by molar-refractivity contribution is 5.98. The molecule has 0 aromatic heterocycles. The zero-order chi connectivity index (χ0) is 19.6. The van der Waals surface area contributed by atoms with Gasteiger partial charge in [0.15, 0.2) is 6.61 Å². The summed E-state index contributed by atoms with van der Waals surface area (Å²) in [7, 11) is 1.39. The molecule has 5 nitrogen and oxygen atoms in total. The Morgan fingerprint density at radius 3 is 2.56 bits per heavy atom. The number of methoxy groups -OCH3 is 1. The van der Waals surface area contributed by atoms with Gasteiger partial charge in [-0.2, -0.15) is 0 Å². The summed E-state index contributed by atoms with van der Waals surface area (Å²) >= 11 is 0. The second-order valence-corrected chi connectivity index (χ2v) is 7.02. The average molecular weight is 367 g/mol. The first-order valence-corrected chi connectivity index (χ1v) is 9.11. The Kier molecular flexibility index (Phi) is 5.49. The molecule has 0 aliphatic carbocycles. The number of benzene rings is 2. The van der Waals surface area contributed by atoms with Gasteiger partial charge in [0.2, 0.25) is 0 Å². The number of para-hydroxylation sites is 1. The fourth-order valence-electron chi connectivity index (χ4n) is 3.58. The van der Waals surface area contributed by atoms with Gasteiger partial charge < -0.3 is 14.4 Å². The van der Waals surface area contributed by atoms with Crippen LogP contribution in [0, 0.1) is 13.8 Å². The van der Waals surface area contributed by atoms with E-state index in [0.29, 0.717) is 12.2 Å². The van der Waals surface area contributed by atoms with E-state index in [0.717, 1.165) is 16.8 Å². The summed E-state index contributed by atoms with van der Waals surface area (Å²) in [5.41, 5.74) is 3.88. The summed E-state index contributed by atoms with van der Waals surface area (Å²) in [6.07, 6.45) is 0.527. The van der Waals surface area contributed by atoms with E-state index >= 15 is 0 Å². The smallest absolute Gasteiger partial charge is 0.313 e. The van der Waals surface area contributed by atoms with Crippen molar-refractivity contribution in [2.24, 2.45) is 0 Å². The lowest BCUT2D eigenvalue weighted by Crippen LogP contribution is -2.46. The van der Waals surface area contributed by atoms with Crippen molar-refractivity contribution >= 4 is 17.6 Å². The molecule has 0 N–H and O–H groups in total. The molecule has 142 valence electrons. The van der Waals surface area contributed by atoms with Gasteiger partial charge in [-0.15, -0.1) is 0 Å². The maximum Gasteiger partial charge on any atom is 0.313 e. The first kappa shape index (κ1) is 19.0. The second-order valence-electron chi connectivity index (χ2n) is 7.02. The van der Waals surface area contributed by atoms with Crippen LogP contribution in [0.4, 0.5) is 5.69 Å². The number of rotatable bonds is 4. The Morgan fingerprint density at radius 1 is 1.11 bits per heavy atom. The van der Waals surface area contributed by atoms with Crippen LogP contribution in [0.2, 0.25) is 0 Å². The molecule has 0 saturated carbocycles. The van der Waals surface area contributed by atoms with Crippen molar-refractivity contribution in [1.29, 1.82) is 0 Å². The highest BCUT2D eigenvalue weighted by Gasteiger charge is 2.37. The van der Waals surface area contributed by atoms with Crippen LogP contribution in [0.25, 0.3) is 0 Å². The molecule has 2 aromatic carbocycles. The van der Waals surface area contributed by atoms with Crippen molar-refractivity contribution in [1.82, 2.24) is 0 Å². The highest BCUT2D eigenvalue weighted by Crippen LogP contribution is 2.39. The minimum Gasteiger partial charge on any atom is -0.484 e. The van der Waals surface area contributed by atoms with Crippen molar-refractivity contribution in [3.05, 3.63) is 59.2 Å². The number of hydrogen-bond acceptors (Lipinski definition) is 4. The number of esters is 1. The number of fused-ring (bicyclic) bond motifs is 1. The van der Waals surface area contributed by atoms with E-state index in [1.165, 1.54) is 12.7 Å². The van der Waals surface area contributed by atoms with Crippen molar-refractivity contribution < 1.29 is 19.1 Å². The van der Waals surface area contributed by atoms with Crippen LogP contribution in [0.3, 0.4) is 0 Å². The summed E-state index contributed by atoms with van der Waals surface area (Å²) in [4.78, 5) is 26.8. The normalized spacial score (nSPS) is 18.6. The fourth-order valence-corrected chi connectivity index (χ4v) is 3.58. The summed E-state index contributed by atoms with van der Waals surface area (Å²) < 4.78 is 10.7. The average Bonchev–Trinajstić information content (AvgIpc) is 2.67. The Hall–Kier alpha value is -2.82.